The third-order valence-electron chi connectivity index (χ3n) is 1.05. The van der Waals surface area contributed by atoms with Crippen molar-refractivity contribution in [3.63, 3.8) is 0 Å². The fraction of sp³-hybridized carbons (Fsp3) is 0.286. The van der Waals surface area contributed by atoms with Crippen LogP contribution in [0.4, 0.5) is 0 Å². The zero-order valence-electron chi connectivity index (χ0n) is 5.79. The Kier molecular flexibility index (Phi) is 4.00. The molecule has 0 aromatic carbocycles. The van der Waals surface area contributed by atoms with Gasteiger partial charge < -0.3 is 0 Å². The van der Waals surface area contributed by atoms with Gasteiger partial charge in [0.05, 0.1) is 0 Å². The van der Waals surface area contributed by atoms with Crippen molar-refractivity contribution in [1.29, 1.82) is 0 Å². The highest BCUT2D eigenvalue weighted by atomic mass is 35.5. The summed E-state index contributed by atoms with van der Waals surface area (Å²) in [5.41, 5.74) is 0. The molecule has 2 nitrogen and oxygen atoms in total. The van der Waals surface area contributed by atoms with Gasteiger partial charge in [-0.15, -0.1) is 0 Å². The highest BCUT2D eigenvalue weighted by Gasteiger charge is 2.20. The Balaban J connectivity index is 4.05. The second-order valence-electron chi connectivity index (χ2n) is 1.97. The molecule has 0 aromatic rings. The molecule has 0 fully saturated rings. The van der Waals surface area contributed by atoms with Crippen molar-refractivity contribution >= 4 is 18.2 Å². The van der Waals surface area contributed by atoms with Gasteiger partial charge in [0.2, 0.25) is 0 Å². The largest absolute Gasteiger partial charge is 0.319 e. The van der Waals surface area contributed by atoms with Crippen LogP contribution in [0.1, 0.15) is 0 Å². The molecular formula is C7H11ClNO+. The van der Waals surface area contributed by atoms with Crippen molar-refractivity contribution < 1.29 is 8.80 Å². The quantitative estimate of drug-likeness (QED) is 0.338. The summed E-state index contributed by atoms with van der Waals surface area (Å²) in [7, 11) is 0. The first-order chi connectivity index (χ1) is 4.68. The number of hydrogen-bond donors (Lipinski definition) is 0. The standard InChI is InChI=1S/C7H11ClNO/c1-3-5-9(8,7-10)6-4-2/h3-4,7H,1-2,5-6H2/q+1. The third kappa shape index (κ3) is 2.80. The fourth-order valence-corrected chi connectivity index (χ4v) is 0.785. The van der Waals surface area contributed by atoms with Crippen LogP contribution < -0.4 is 0 Å². The van der Waals surface area contributed by atoms with E-state index in [4.69, 9.17) is 11.8 Å². The number of quaternary nitrogens is 1. The summed E-state index contributed by atoms with van der Waals surface area (Å²) >= 11 is 5.75. The molecule has 0 atom stereocenters. The lowest BCUT2D eigenvalue weighted by Gasteiger charge is -2.17. The lowest BCUT2D eigenvalue weighted by atomic mass is 10.5. The summed E-state index contributed by atoms with van der Waals surface area (Å²) in [5.74, 6) is 0. The molecule has 56 valence electrons. The molecule has 0 heterocycles. The lowest BCUT2D eigenvalue weighted by molar-refractivity contribution is -0.711. The van der Waals surface area contributed by atoms with E-state index in [1.54, 1.807) is 12.2 Å². The van der Waals surface area contributed by atoms with E-state index in [9.17, 15) is 4.79 Å². The highest BCUT2D eigenvalue weighted by Crippen LogP contribution is 2.07. The van der Waals surface area contributed by atoms with Crippen molar-refractivity contribution in [2.75, 3.05) is 13.1 Å². The van der Waals surface area contributed by atoms with Crippen LogP contribution in [-0.2, 0) is 4.79 Å². The predicted molar refractivity (Wildman–Crippen MR) is 42.3 cm³/mol. The van der Waals surface area contributed by atoms with E-state index in [-0.39, 0.29) is 4.00 Å². The van der Waals surface area contributed by atoms with Crippen LogP contribution in [0.3, 0.4) is 0 Å². The van der Waals surface area contributed by atoms with Gasteiger partial charge in [-0.1, -0.05) is 13.2 Å². The molecule has 0 spiro atoms. The minimum absolute atomic E-state index is 0.188. The topological polar surface area (TPSA) is 17.1 Å². The van der Waals surface area contributed by atoms with E-state index in [0.717, 1.165) is 0 Å². The molecule has 0 aliphatic rings. The average molecular weight is 161 g/mol. The van der Waals surface area contributed by atoms with E-state index in [0.29, 0.717) is 19.5 Å². The molecule has 10 heavy (non-hydrogen) atoms. The summed E-state index contributed by atoms with van der Waals surface area (Å²) in [6, 6.07) is 0. The summed E-state index contributed by atoms with van der Waals surface area (Å²) in [5, 5.41) is 0. The van der Waals surface area contributed by atoms with Crippen molar-refractivity contribution in [3.8, 4) is 0 Å². The number of nitrogens with zero attached hydrogens (tertiary/aromatic N) is 1. The van der Waals surface area contributed by atoms with Crippen LogP contribution >= 0.6 is 11.8 Å². The first-order valence-electron chi connectivity index (χ1n) is 2.93. The van der Waals surface area contributed by atoms with Crippen molar-refractivity contribution in [1.82, 2.24) is 0 Å². The van der Waals surface area contributed by atoms with Gasteiger partial charge in [-0.25, -0.2) is 4.79 Å². The Morgan fingerprint density at radius 1 is 1.30 bits per heavy atom. The maximum Gasteiger partial charge on any atom is 0.319 e. The molecule has 0 aromatic heterocycles. The highest BCUT2D eigenvalue weighted by molar-refractivity contribution is 6.09. The molecular weight excluding hydrogens is 150 g/mol. The van der Waals surface area contributed by atoms with Gasteiger partial charge in [-0.05, 0) is 12.2 Å². The summed E-state index contributed by atoms with van der Waals surface area (Å²) in [4.78, 5) is 10.4. The van der Waals surface area contributed by atoms with Crippen LogP contribution in [0.2, 0.25) is 0 Å². The fourth-order valence-electron chi connectivity index (χ4n) is 0.590. The average Bonchev–Trinajstić information content (AvgIpc) is 1.89. The molecule has 0 N–H and O–H groups in total. The predicted octanol–water partition coefficient (Wildman–Crippen LogP) is 1.49. The Morgan fingerprint density at radius 3 is 1.90 bits per heavy atom. The molecule has 0 saturated carbocycles. The van der Waals surface area contributed by atoms with Crippen LogP contribution in [0.15, 0.2) is 25.3 Å². The SMILES string of the molecule is C=CC[N+](Cl)(C=O)CC=C. The molecule has 0 saturated heterocycles. The van der Waals surface area contributed by atoms with Crippen LogP contribution in [0, 0.1) is 0 Å². The van der Waals surface area contributed by atoms with E-state index >= 15 is 0 Å². The summed E-state index contributed by atoms with van der Waals surface area (Å²) in [6.07, 6.45) is 3.88. The number of carbonyl (C=O) groups is 1. The monoisotopic (exact) mass is 160 g/mol. The number of halogens is 1. The molecule has 3 heteroatoms. The summed E-state index contributed by atoms with van der Waals surface area (Å²) < 4.78 is -0.188. The van der Waals surface area contributed by atoms with Crippen molar-refractivity contribution in [3.05, 3.63) is 25.3 Å². The Bertz CT molecular complexity index is 135. The van der Waals surface area contributed by atoms with E-state index in [1.165, 1.54) is 0 Å². The van der Waals surface area contributed by atoms with Crippen molar-refractivity contribution in [2.24, 2.45) is 0 Å². The van der Waals surface area contributed by atoms with Gasteiger partial charge >= 0.3 is 6.41 Å². The molecule has 0 bridgehead atoms. The van der Waals surface area contributed by atoms with Gasteiger partial charge in [0.15, 0.2) is 11.8 Å². The Morgan fingerprint density at radius 2 is 1.70 bits per heavy atom. The van der Waals surface area contributed by atoms with Crippen LogP contribution in [0.25, 0.3) is 0 Å². The lowest BCUT2D eigenvalue weighted by Crippen LogP contribution is -2.36. The second kappa shape index (κ2) is 4.25. The van der Waals surface area contributed by atoms with Gasteiger partial charge in [-0.3, -0.25) is 0 Å². The zero-order valence-corrected chi connectivity index (χ0v) is 6.55. The number of hydrogen-bond acceptors (Lipinski definition) is 1. The van der Waals surface area contributed by atoms with E-state index in [2.05, 4.69) is 13.2 Å². The molecule has 0 radical (unpaired) electrons. The maximum atomic E-state index is 10.4. The van der Waals surface area contributed by atoms with Gasteiger partial charge in [-0.2, -0.15) is 4.00 Å². The molecule has 0 rings (SSSR count). The molecule has 1 amide bonds. The van der Waals surface area contributed by atoms with Crippen LogP contribution in [0.5, 0.6) is 0 Å². The maximum absolute atomic E-state index is 10.4. The van der Waals surface area contributed by atoms with Gasteiger partial charge in [0.25, 0.3) is 0 Å². The Hall–Kier alpha value is -0.600. The van der Waals surface area contributed by atoms with Crippen LogP contribution in [-0.4, -0.2) is 23.5 Å². The smallest absolute Gasteiger partial charge is 0.232 e. The molecule has 0 aliphatic heterocycles. The van der Waals surface area contributed by atoms with E-state index < -0.39 is 0 Å². The second-order valence-corrected chi connectivity index (χ2v) is 2.65. The summed E-state index contributed by atoms with van der Waals surface area (Å²) in [6.45, 7) is 7.82. The first kappa shape index (κ1) is 9.40. The van der Waals surface area contributed by atoms with Gasteiger partial charge in [0, 0.05) is 0 Å². The normalized spacial score (nSPS) is 10.5. The number of amides is 1. The zero-order chi connectivity index (χ0) is 8.04. The molecule has 0 aliphatic carbocycles. The Labute approximate surface area is 66.1 Å². The van der Waals surface area contributed by atoms with E-state index in [1.807, 2.05) is 0 Å². The van der Waals surface area contributed by atoms with Crippen molar-refractivity contribution in [2.45, 2.75) is 0 Å². The first-order valence-corrected chi connectivity index (χ1v) is 3.27. The minimum Gasteiger partial charge on any atom is -0.232 e. The number of rotatable bonds is 5. The molecule has 0 unspecified atom stereocenters. The van der Waals surface area contributed by atoms with Gasteiger partial charge in [0.1, 0.15) is 13.1 Å². The minimum atomic E-state index is -0.188. The third-order valence-corrected chi connectivity index (χ3v) is 1.41. The number of carbonyl (C=O) groups excluding carboxylic acids is 1.